The second-order valence-electron chi connectivity index (χ2n) is 14.9. The highest BCUT2D eigenvalue weighted by Crippen LogP contribution is 2.41. The summed E-state index contributed by atoms with van der Waals surface area (Å²) < 4.78 is 2.23. The van der Waals surface area contributed by atoms with E-state index >= 15 is 0 Å². The van der Waals surface area contributed by atoms with Gasteiger partial charge in [0.05, 0.1) is 6.33 Å². The molecule has 44 heavy (non-hydrogen) atoms. The van der Waals surface area contributed by atoms with E-state index < -0.39 is 0 Å². The van der Waals surface area contributed by atoms with E-state index in [9.17, 15) is 4.79 Å². The largest absolute Gasteiger partial charge is 0.382 e. The Morgan fingerprint density at radius 2 is 1.86 bits per heavy atom. The average molecular weight is 604 g/mol. The molecule has 0 saturated heterocycles. The Bertz CT molecular complexity index is 1360. The van der Waals surface area contributed by atoms with Crippen LogP contribution in [0.25, 0.3) is 11.2 Å². The van der Waals surface area contributed by atoms with Gasteiger partial charge in [0.15, 0.2) is 11.5 Å². The molecule has 3 atom stereocenters. The number of hydrogen-bond donors (Lipinski definition) is 2. The summed E-state index contributed by atoms with van der Waals surface area (Å²) in [5.41, 5.74) is 11.8. The second kappa shape index (κ2) is 14.4. The number of carbonyl (C=O) groups is 1. The molecule has 8 nitrogen and oxygen atoms in total. The first-order valence-electron chi connectivity index (χ1n) is 16.8. The minimum Gasteiger partial charge on any atom is -0.382 e. The maximum atomic E-state index is 9.81. The number of nitrogens with one attached hydrogen (secondary N) is 1. The zero-order valence-corrected chi connectivity index (χ0v) is 28.6. The maximum Gasteiger partial charge on any atom is 0.165 e. The topological polar surface area (TPSA) is 102 Å². The molecular formula is C36H57N7O. The number of rotatable bonds is 10. The van der Waals surface area contributed by atoms with E-state index in [1.54, 1.807) is 13.3 Å². The lowest BCUT2D eigenvalue weighted by Gasteiger charge is -2.46. The number of anilines is 1. The summed E-state index contributed by atoms with van der Waals surface area (Å²) in [5, 5.41) is 3.66. The first-order chi connectivity index (χ1) is 20.8. The Kier molecular flexibility index (Phi) is 11.1. The van der Waals surface area contributed by atoms with Gasteiger partial charge in [-0.05, 0) is 107 Å². The number of fused-ring (bicyclic) bond motifs is 1. The van der Waals surface area contributed by atoms with Gasteiger partial charge in [0, 0.05) is 42.5 Å². The lowest BCUT2D eigenvalue weighted by molar-refractivity contribution is -0.116. The van der Waals surface area contributed by atoms with Crippen LogP contribution in [0.15, 0.2) is 48.4 Å². The molecule has 0 amide bonds. The van der Waals surface area contributed by atoms with E-state index in [1.807, 2.05) is 13.3 Å². The van der Waals surface area contributed by atoms with Crippen molar-refractivity contribution in [1.29, 1.82) is 0 Å². The number of nitrogen functional groups attached to an aromatic ring is 1. The first-order valence-corrected chi connectivity index (χ1v) is 16.8. The smallest absolute Gasteiger partial charge is 0.165 e. The maximum absolute atomic E-state index is 9.81. The van der Waals surface area contributed by atoms with Gasteiger partial charge in [-0.2, -0.15) is 0 Å². The summed E-state index contributed by atoms with van der Waals surface area (Å²) in [6.07, 6.45) is 17.1. The Balaban J connectivity index is 0.000000818. The van der Waals surface area contributed by atoms with Crippen LogP contribution in [-0.2, 0) is 4.79 Å². The molecule has 3 aliphatic carbocycles. The Labute approximate surface area is 265 Å². The van der Waals surface area contributed by atoms with Crippen LogP contribution < -0.4 is 11.1 Å². The number of hydrogen-bond acceptors (Lipinski definition) is 7. The number of Topliss-reactive ketones (excluding diaryl/α,β-unsaturated/α-hetero) is 1. The fourth-order valence-electron chi connectivity index (χ4n) is 7.02. The summed E-state index contributed by atoms with van der Waals surface area (Å²) in [4.78, 5) is 25.7. The van der Waals surface area contributed by atoms with Gasteiger partial charge in [0.1, 0.15) is 17.6 Å². The molecule has 3 N–H and O–H groups in total. The molecule has 2 aromatic rings. The summed E-state index contributed by atoms with van der Waals surface area (Å²) >= 11 is 0. The average Bonchev–Trinajstić information content (AvgIpc) is 3.58. The van der Waals surface area contributed by atoms with Crippen molar-refractivity contribution in [3.05, 3.63) is 48.4 Å². The fraction of sp³-hybridized carbons (Fsp3) is 0.667. The summed E-state index contributed by atoms with van der Waals surface area (Å²) in [6.45, 7) is 23.0. The Hall–Kier alpha value is -3.00. The highest BCUT2D eigenvalue weighted by atomic mass is 16.1. The van der Waals surface area contributed by atoms with Crippen LogP contribution in [0.2, 0.25) is 0 Å². The molecule has 0 radical (unpaired) electrons. The van der Waals surface area contributed by atoms with Crippen LogP contribution in [0.3, 0.4) is 0 Å². The van der Waals surface area contributed by atoms with Crippen molar-refractivity contribution in [2.24, 2.45) is 23.2 Å². The lowest BCUT2D eigenvalue weighted by Crippen LogP contribution is -2.49. The second-order valence-corrected chi connectivity index (χ2v) is 14.9. The van der Waals surface area contributed by atoms with Crippen molar-refractivity contribution < 1.29 is 4.79 Å². The fourth-order valence-corrected chi connectivity index (χ4v) is 7.02. The molecule has 3 unspecified atom stereocenters. The summed E-state index contributed by atoms with van der Waals surface area (Å²) in [5.74, 6) is 2.76. The molecule has 0 bridgehead atoms. The predicted octanol–water partition coefficient (Wildman–Crippen LogP) is 7.61. The van der Waals surface area contributed by atoms with Crippen molar-refractivity contribution >= 4 is 22.8 Å². The van der Waals surface area contributed by atoms with Crippen LogP contribution in [0.4, 0.5) is 5.82 Å². The van der Waals surface area contributed by atoms with Crippen LogP contribution in [-0.4, -0.2) is 48.8 Å². The van der Waals surface area contributed by atoms with E-state index in [-0.39, 0.29) is 5.78 Å². The Morgan fingerprint density at radius 3 is 2.48 bits per heavy atom. The number of carbonyl (C=O) groups excluding carboxylic acids is 1. The molecule has 2 aromatic heterocycles. The van der Waals surface area contributed by atoms with Gasteiger partial charge in [-0.25, -0.2) is 15.0 Å². The van der Waals surface area contributed by atoms with Crippen LogP contribution in [0.5, 0.6) is 0 Å². The predicted molar refractivity (Wildman–Crippen MR) is 182 cm³/mol. The zero-order valence-electron chi connectivity index (χ0n) is 28.6. The van der Waals surface area contributed by atoms with Gasteiger partial charge in [0.2, 0.25) is 0 Å². The number of nitrogens with two attached hydrogens (primary N) is 1. The molecule has 242 valence electrons. The van der Waals surface area contributed by atoms with Crippen molar-refractivity contribution in [2.45, 2.75) is 125 Å². The summed E-state index contributed by atoms with van der Waals surface area (Å²) in [7, 11) is 0. The third-order valence-electron chi connectivity index (χ3n) is 10.0. The van der Waals surface area contributed by atoms with Crippen molar-refractivity contribution in [2.75, 3.05) is 12.3 Å². The van der Waals surface area contributed by atoms with Gasteiger partial charge in [-0.3, -0.25) is 4.90 Å². The van der Waals surface area contributed by atoms with Gasteiger partial charge >= 0.3 is 0 Å². The molecule has 0 aliphatic heterocycles. The molecule has 2 fully saturated rings. The quantitative estimate of drug-likeness (QED) is 0.288. The highest BCUT2D eigenvalue weighted by Gasteiger charge is 2.37. The standard InChI is InChI=1S/C32H49N7.C4H8O/c1-20(2)38(17-23-8-10-26(14-23)39-19-36-29-30(33)34-18-35-31(29)39)27-15-24(16-27)13-22(4)37-28-11-9-25(12-21(28)3)32(5,6)7;1-3-4(2)5/h9,11,18-20,23-27,37H,4,8,10,12-17H2,1-3,5-7H3,(H2,33,34,35);3H2,1-2H3. The lowest BCUT2D eigenvalue weighted by atomic mass is 9.75. The molecule has 0 spiro atoms. The first kappa shape index (κ1) is 33.9. The van der Waals surface area contributed by atoms with E-state index in [2.05, 4.69) is 90.0 Å². The molecule has 3 aliphatic rings. The monoisotopic (exact) mass is 603 g/mol. The van der Waals surface area contributed by atoms with Crippen LogP contribution in [0, 0.1) is 23.2 Å². The normalized spacial score (nSPS) is 25.3. The van der Waals surface area contributed by atoms with Crippen molar-refractivity contribution in [3.63, 3.8) is 0 Å². The van der Waals surface area contributed by atoms with E-state index in [0.29, 0.717) is 47.6 Å². The third-order valence-corrected chi connectivity index (χ3v) is 10.0. The van der Waals surface area contributed by atoms with Gasteiger partial charge < -0.3 is 20.4 Å². The minimum absolute atomic E-state index is 0.255. The molecule has 5 rings (SSSR count). The molecular weight excluding hydrogens is 546 g/mol. The number of nitrogens with zero attached hydrogens (tertiary/aromatic N) is 5. The zero-order chi connectivity index (χ0) is 32.2. The van der Waals surface area contributed by atoms with E-state index in [4.69, 9.17) is 5.73 Å². The SMILES string of the molecule is C=C(CC1CC(N(CC2CCC(n3cnc4c(N)ncnc43)C2)C(C)C)C1)NC1=C(C)CC(C(C)(C)C)C=C1.CCC(C)=O. The van der Waals surface area contributed by atoms with Gasteiger partial charge in [-0.15, -0.1) is 0 Å². The van der Waals surface area contributed by atoms with Gasteiger partial charge in [0.25, 0.3) is 0 Å². The van der Waals surface area contributed by atoms with Gasteiger partial charge in [-0.1, -0.05) is 40.3 Å². The summed E-state index contributed by atoms with van der Waals surface area (Å²) in [6, 6.07) is 1.69. The number of ketones is 1. The van der Waals surface area contributed by atoms with E-state index in [1.165, 1.54) is 55.6 Å². The van der Waals surface area contributed by atoms with E-state index in [0.717, 1.165) is 29.9 Å². The highest BCUT2D eigenvalue weighted by molar-refractivity contribution is 5.81. The van der Waals surface area contributed by atoms with Crippen molar-refractivity contribution in [3.8, 4) is 0 Å². The third kappa shape index (κ3) is 8.38. The number of imidazole rings is 1. The van der Waals surface area contributed by atoms with Crippen molar-refractivity contribution in [1.82, 2.24) is 29.7 Å². The van der Waals surface area contributed by atoms with Crippen LogP contribution >= 0.6 is 0 Å². The molecule has 0 aromatic carbocycles. The molecule has 8 heteroatoms. The Morgan fingerprint density at radius 1 is 1.16 bits per heavy atom. The molecule has 2 saturated carbocycles. The minimum atomic E-state index is 0.255. The molecule has 2 heterocycles. The van der Waals surface area contributed by atoms with Crippen LogP contribution in [0.1, 0.15) is 113 Å². The number of allylic oxidation sites excluding steroid dienone is 4. The number of aromatic nitrogens is 4.